The van der Waals surface area contributed by atoms with Crippen LogP contribution in [0.2, 0.25) is 1.41 Å². The van der Waals surface area contributed by atoms with Crippen molar-refractivity contribution in [2.75, 3.05) is 13.1 Å². The SMILES string of the molecule is [2H]N1C(c2ccc(-c3cc(C4CCCN4C(=O)OC(C)(C)C)[nH]n3)cc2)CCC1c1ccc(-c2cc(C3CCCN3C(=O)OC(C)(C)C)[nH]n2)cc1. The van der Waals surface area contributed by atoms with E-state index in [-0.39, 0.29) is 36.4 Å². The number of likely N-dealkylation sites (tertiary alicyclic amines) is 2. The van der Waals surface area contributed by atoms with Crippen molar-refractivity contribution < 1.29 is 20.5 Å². The van der Waals surface area contributed by atoms with E-state index < -0.39 is 11.2 Å². The smallest absolute Gasteiger partial charge is 0.410 e. The highest BCUT2D eigenvalue weighted by Gasteiger charge is 2.36. The Morgan fingerprint density at radius 1 is 0.667 bits per heavy atom. The monoisotopic (exact) mass is 694 g/mol. The van der Waals surface area contributed by atoms with Gasteiger partial charge in [0.2, 0.25) is 0 Å². The Bertz CT molecular complexity index is 1740. The standard InChI is InChI=1S/C40H51N7O4/c1-39(2,3)50-37(48)46-21-7-9-35(46)33-23-31(42-44-33)27-15-11-25(12-16-27)29-19-20-30(41-29)26-13-17-28(18-14-26)32-24-34(45-43-32)36-10-8-22-47(36)38(49)51-40(4,5)6/h11-18,23-24,29-30,35-36,41H,7-10,19-22H2,1-6H3,(H,42,44)(H,43,45)/i/hD. The molecule has 0 saturated carbocycles. The molecule has 3 saturated heterocycles. The highest BCUT2D eigenvalue weighted by Crippen LogP contribution is 2.38. The van der Waals surface area contributed by atoms with Gasteiger partial charge in [-0.1, -0.05) is 48.5 Å². The molecule has 0 spiro atoms. The topological polar surface area (TPSA) is 128 Å². The number of nitrogens with one attached hydrogen (secondary N) is 3. The minimum Gasteiger partial charge on any atom is -0.444 e. The predicted octanol–water partition coefficient (Wildman–Crippen LogP) is 8.78. The number of aromatic nitrogens is 4. The Labute approximate surface area is 301 Å². The van der Waals surface area contributed by atoms with E-state index in [0.717, 1.165) is 83.6 Å². The summed E-state index contributed by atoms with van der Waals surface area (Å²) in [7, 11) is 0. The molecule has 11 heteroatoms. The molecular formula is C40H51N7O4. The summed E-state index contributed by atoms with van der Waals surface area (Å²) in [5, 5.41) is 17.3. The summed E-state index contributed by atoms with van der Waals surface area (Å²) in [4.78, 5) is 29.3. The van der Waals surface area contributed by atoms with Crippen LogP contribution in [0.15, 0.2) is 60.7 Å². The van der Waals surface area contributed by atoms with Crippen LogP contribution in [0.1, 0.15) is 127 Å². The second kappa shape index (κ2) is 13.8. The molecule has 2 amide bonds. The Balaban J connectivity index is 0.975. The molecule has 4 aromatic rings. The fraction of sp³-hybridized carbons (Fsp3) is 0.500. The number of hydrogen-bond donors (Lipinski definition) is 3. The van der Waals surface area contributed by atoms with Gasteiger partial charge in [0.1, 0.15) is 12.6 Å². The maximum Gasteiger partial charge on any atom is 0.410 e. The minimum absolute atomic E-state index is 0.0115. The van der Waals surface area contributed by atoms with E-state index in [4.69, 9.17) is 10.9 Å². The van der Waals surface area contributed by atoms with Gasteiger partial charge in [0.05, 0.1) is 34.9 Å². The quantitative estimate of drug-likeness (QED) is 0.184. The van der Waals surface area contributed by atoms with E-state index in [1.165, 1.54) is 0 Å². The van der Waals surface area contributed by atoms with Crippen molar-refractivity contribution in [2.45, 2.75) is 115 Å². The number of amides is 2. The summed E-state index contributed by atoms with van der Waals surface area (Å²) in [5.41, 5.74) is 6.60. The van der Waals surface area contributed by atoms with Crippen molar-refractivity contribution in [3.63, 3.8) is 0 Å². The number of ether oxygens (including phenoxy) is 2. The molecule has 11 nitrogen and oxygen atoms in total. The molecular weight excluding hydrogens is 642 g/mol. The van der Waals surface area contributed by atoms with Gasteiger partial charge in [-0.2, -0.15) is 10.2 Å². The molecule has 0 radical (unpaired) electrons. The van der Waals surface area contributed by atoms with Gasteiger partial charge in [0.15, 0.2) is 0 Å². The normalized spacial score (nSPS) is 23.1. The number of carbonyl (C=O) groups excluding carboxylic acids is 2. The lowest BCUT2D eigenvalue weighted by atomic mass is 10.0. The van der Waals surface area contributed by atoms with Crippen LogP contribution in [-0.2, 0) is 9.47 Å². The van der Waals surface area contributed by atoms with Gasteiger partial charge in [-0.05, 0) is 103 Å². The Hall–Kier alpha value is -4.64. The number of aromatic amines is 2. The fourth-order valence-corrected chi connectivity index (χ4v) is 7.51. The molecule has 270 valence electrons. The van der Waals surface area contributed by atoms with Gasteiger partial charge < -0.3 is 14.8 Å². The third-order valence-electron chi connectivity index (χ3n) is 9.93. The summed E-state index contributed by atoms with van der Waals surface area (Å²) >= 11 is 0. The molecule has 3 aliphatic rings. The van der Waals surface area contributed by atoms with Crippen molar-refractivity contribution in [2.24, 2.45) is 0 Å². The minimum atomic E-state index is -0.541. The number of nitrogens with zero attached hydrogens (tertiary/aromatic N) is 4. The van der Waals surface area contributed by atoms with Gasteiger partial charge >= 0.3 is 12.2 Å². The van der Waals surface area contributed by atoms with Crippen LogP contribution in [0.4, 0.5) is 9.59 Å². The van der Waals surface area contributed by atoms with E-state index in [1.54, 1.807) is 15.1 Å². The van der Waals surface area contributed by atoms with Crippen LogP contribution >= 0.6 is 0 Å². The molecule has 2 aromatic heterocycles. The maximum absolute atomic E-state index is 12.8. The molecule has 4 unspecified atom stereocenters. The molecule has 51 heavy (non-hydrogen) atoms. The van der Waals surface area contributed by atoms with E-state index in [1.807, 2.05) is 53.7 Å². The second-order valence-corrected chi connectivity index (χ2v) is 16.1. The molecule has 7 rings (SSSR count). The second-order valence-electron chi connectivity index (χ2n) is 16.1. The van der Waals surface area contributed by atoms with Crippen LogP contribution in [0.3, 0.4) is 0 Å². The molecule has 4 atom stereocenters. The van der Waals surface area contributed by atoms with E-state index >= 15 is 0 Å². The molecule has 0 bridgehead atoms. The Morgan fingerprint density at radius 2 is 1.06 bits per heavy atom. The molecule has 0 aliphatic carbocycles. The summed E-state index contributed by atoms with van der Waals surface area (Å²) in [5.74, 6) is 0. The van der Waals surface area contributed by atoms with Crippen LogP contribution in [0, 0.1) is 0 Å². The van der Waals surface area contributed by atoms with E-state index in [0.29, 0.717) is 13.1 Å². The van der Waals surface area contributed by atoms with Crippen LogP contribution in [0.5, 0.6) is 0 Å². The van der Waals surface area contributed by atoms with Crippen molar-refractivity contribution in [3.05, 3.63) is 83.2 Å². The fourth-order valence-electron chi connectivity index (χ4n) is 7.51. The molecule has 3 fully saturated rings. The summed E-state index contributed by atoms with van der Waals surface area (Å²) in [6.45, 7) is 12.6. The first kappa shape index (κ1) is 33.5. The van der Waals surface area contributed by atoms with Crippen molar-refractivity contribution in [1.82, 2.24) is 35.5 Å². The zero-order chi connectivity index (χ0) is 36.8. The third kappa shape index (κ3) is 7.83. The first-order chi connectivity index (χ1) is 24.7. The third-order valence-corrected chi connectivity index (χ3v) is 9.93. The summed E-state index contributed by atoms with van der Waals surface area (Å²) in [6, 6.07) is 20.6. The van der Waals surface area contributed by atoms with Gasteiger partial charge in [-0.25, -0.2) is 9.59 Å². The Kier molecular flexibility index (Phi) is 9.08. The van der Waals surface area contributed by atoms with Crippen molar-refractivity contribution in [1.29, 1.82) is 0 Å². The predicted molar refractivity (Wildman–Crippen MR) is 196 cm³/mol. The summed E-state index contributed by atoms with van der Waals surface area (Å²) < 4.78 is 20.4. The molecule has 5 heterocycles. The van der Waals surface area contributed by atoms with Gasteiger partial charge in [0.25, 0.3) is 0 Å². The highest BCUT2D eigenvalue weighted by atomic mass is 16.6. The van der Waals surface area contributed by atoms with Crippen molar-refractivity contribution >= 4 is 12.2 Å². The van der Waals surface area contributed by atoms with Gasteiger partial charge in [-0.3, -0.25) is 20.0 Å². The largest absolute Gasteiger partial charge is 0.444 e. The molecule has 3 N–H and O–H groups in total. The number of carbonyl (C=O) groups is 2. The maximum atomic E-state index is 12.8. The number of hydrogen-bond acceptors (Lipinski definition) is 7. The average molecular weight is 695 g/mol. The van der Waals surface area contributed by atoms with Crippen LogP contribution in [-0.4, -0.2) is 66.7 Å². The zero-order valence-corrected chi connectivity index (χ0v) is 30.6. The van der Waals surface area contributed by atoms with Gasteiger partial charge in [0, 0.05) is 36.3 Å². The lowest BCUT2D eigenvalue weighted by molar-refractivity contribution is 0.0211. The molecule has 2 aromatic carbocycles. The van der Waals surface area contributed by atoms with Crippen LogP contribution < -0.4 is 5.31 Å². The first-order valence-electron chi connectivity index (χ1n) is 18.8. The number of benzene rings is 2. The number of rotatable bonds is 6. The lowest BCUT2D eigenvalue weighted by Gasteiger charge is -2.28. The van der Waals surface area contributed by atoms with Crippen molar-refractivity contribution in [3.8, 4) is 22.5 Å². The lowest BCUT2D eigenvalue weighted by Crippen LogP contribution is -2.36. The summed E-state index contributed by atoms with van der Waals surface area (Å²) in [6.07, 6.45) is 4.78. The van der Waals surface area contributed by atoms with Crippen LogP contribution in [0.25, 0.3) is 22.5 Å². The average Bonchev–Trinajstić information content (AvgIpc) is 3.93. The Morgan fingerprint density at radius 3 is 1.43 bits per heavy atom. The zero-order valence-electron chi connectivity index (χ0n) is 31.6. The number of H-pyrrole nitrogens is 2. The first-order valence-corrected chi connectivity index (χ1v) is 18.3. The highest BCUT2D eigenvalue weighted by molar-refractivity contribution is 5.70. The van der Waals surface area contributed by atoms with E-state index in [2.05, 4.69) is 68.9 Å². The van der Waals surface area contributed by atoms with Gasteiger partial charge in [-0.15, -0.1) is 0 Å². The van der Waals surface area contributed by atoms with E-state index in [9.17, 15) is 9.59 Å². The molecule has 3 aliphatic heterocycles.